The molecule has 0 aliphatic carbocycles. The Balaban J connectivity index is 2.36. The summed E-state index contributed by atoms with van der Waals surface area (Å²) in [5.41, 5.74) is 1.63. The largest absolute Gasteiger partial charge is 0.134 e. The highest BCUT2D eigenvalue weighted by molar-refractivity contribution is 8.02. The Hall–Kier alpha value is 0.0900. The molecular weight excluding hydrogens is 104 g/mol. The molecule has 0 aromatic rings. The lowest BCUT2D eigenvalue weighted by Gasteiger charge is -1.87. The molecule has 0 atom stereocenters. The van der Waals surface area contributed by atoms with Gasteiger partial charge in [0.05, 0.1) is 0 Å². The molecule has 0 unspecified atom stereocenters. The van der Waals surface area contributed by atoms with Crippen LogP contribution >= 0.6 is 11.8 Å². The van der Waals surface area contributed by atoms with Gasteiger partial charge in [0.25, 0.3) is 0 Å². The fourth-order valence-corrected chi connectivity index (χ4v) is 1.70. The Morgan fingerprint density at radius 3 is 3.00 bits per heavy atom. The summed E-state index contributed by atoms with van der Waals surface area (Å²) in [5, 5.41) is 2.29. The molecule has 0 amide bonds. The molecule has 1 heterocycles. The monoisotopic (exact) mass is 114 g/mol. The second-order valence-corrected chi connectivity index (χ2v) is 2.73. The Bertz CT molecular complexity index is 84.2. The Morgan fingerprint density at radius 1 is 1.86 bits per heavy atom. The van der Waals surface area contributed by atoms with E-state index in [1.807, 2.05) is 11.8 Å². The van der Waals surface area contributed by atoms with Gasteiger partial charge in [-0.3, -0.25) is 0 Å². The normalized spacial score (nSPS) is 19.9. The van der Waals surface area contributed by atoms with Crippen LogP contribution in [0.5, 0.6) is 0 Å². The smallest absolute Gasteiger partial charge is 0.00116 e. The summed E-state index contributed by atoms with van der Waals surface area (Å²) < 4.78 is 0. The van der Waals surface area contributed by atoms with Crippen LogP contribution in [0.25, 0.3) is 0 Å². The van der Waals surface area contributed by atoms with Crippen molar-refractivity contribution in [1.82, 2.24) is 0 Å². The highest BCUT2D eigenvalue weighted by Crippen LogP contribution is 2.23. The predicted octanol–water partition coefficient (Wildman–Crippen LogP) is 2.42. The minimum Gasteiger partial charge on any atom is -0.134 e. The summed E-state index contributed by atoms with van der Waals surface area (Å²) >= 11 is 1.94. The van der Waals surface area contributed by atoms with E-state index in [2.05, 4.69) is 12.3 Å². The van der Waals surface area contributed by atoms with Crippen LogP contribution in [0.2, 0.25) is 0 Å². The standard InChI is InChI=1S/C6H10S/c1-2-6-3-4-7-5-6/h5H,2-4H2,1H3. The zero-order valence-electron chi connectivity index (χ0n) is 4.61. The minimum absolute atomic E-state index is 1.26. The SMILES string of the molecule is CCC1=CSCC1. The highest BCUT2D eigenvalue weighted by Gasteiger charge is 1.99. The van der Waals surface area contributed by atoms with Crippen LogP contribution in [0.1, 0.15) is 19.8 Å². The molecule has 1 aliphatic heterocycles. The van der Waals surface area contributed by atoms with Crippen LogP contribution in [0.15, 0.2) is 11.0 Å². The van der Waals surface area contributed by atoms with Gasteiger partial charge in [-0.2, -0.15) is 0 Å². The molecule has 0 aromatic heterocycles. The molecule has 0 fully saturated rings. The molecule has 7 heavy (non-hydrogen) atoms. The van der Waals surface area contributed by atoms with Gasteiger partial charge in [0, 0.05) is 5.75 Å². The van der Waals surface area contributed by atoms with Gasteiger partial charge in [-0.05, 0) is 18.2 Å². The highest BCUT2D eigenvalue weighted by atomic mass is 32.2. The van der Waals surface area contributed by atoms with Crippen LogP contribution in [0.4, 0.5) is 0 Å². The number of thioether (sulfide) groups is 1. The summed E-state index contributed by atoms with van der Waals surface area (Å²) in [6.07, 6.45) is 2.59. The van der Waals surface area contributed by atoms with Crippen LogP contribution in [0, 0.1) is 0 Å². The van der Waals surface area contributed by atoms with Gasteiger partial charge in [0.1, 0.15) is 0 Å². The molecule has 1 heteroatoms. The van der Waals surface area contributed by atoms with Crippen molar-refractivity contribution >= 4 is 11.8 Å². The van der Waals surface area contributed by atoms with Gasteiger partial charge in [-0.25, -0.2) is 0 Å². The maximum atomic E-state index is 2.29. The summed E-state index contributed by atoms with van der Waals surface area (Å²) in [6.45, 7) is 2.22. The first-order chi connectivity index (χ1) is 3.43. The first-order valence-electron chi connectivity index (χ1n) is 2.73. The van der Waals surface area contributed by atoms with E-state index in [0.717, 1.165) is 0 Å². The van der Waals surface area contributed by atoms with Gasteiger partial charge >= 0.3 is 0 Å². The van der Waals surface area contributed by atoms with Crippen molar-refractivity contribution in [3.63, 3.8) is 0 Å². The fraction of sp³-hybridized carbons (Fsp3) is 0.667. The lowest BCUT2D eigenvalue weighted by Crippen LogP contribution is -1.72. The lowest BCUT2D eigenvalue weighted by atomic mass is 10.2. The van der Waals surface area contributed by atoms with E-state index >= 15 is 0 Å². The second kappa shape index (κ2) is 2.41. The Kier molecular flexibility index (Phi) is 1.80. The third-order valence-electron chi connectivity index (χ3n) is 1.25. The molecule has 0 aromatic carbocycles. The van der Waals surface area contributed by atoms with E-state index in [4.69, 9.17) is 0 Å². The van der Waals surface area contributed by atoms with E-state index in [9.17, 15) is 0 Å². The van der Waals surface area contributed by atoms with E-state index in [1.165, 1.54) is 18.6 Å². The first-order valence-corrected chi connectivity index (χ1v) is 3.78. The molecule has 0 spiro atoms. The maximum Gasteiger partial charge on any atom is 0.00116 e. The van der Waals surface area contributed by atoms with E-state index < -0.39 is 0 Å². The molecule has 0 N–H and O–H groups in total. The average Bonchev–Trinajstić information content (AvgIpc) is 2.14. The zero-order valence-corrected chi connectivity index (χ0v) is 5.42. The fourth-order valence-electron chi connectivity index (χ4n) is 0.686. The maximum absolute atomic E-state index is 2.29. The van der Waals surface area contributed by atoms with Crippen molar-refractivity contribution in [3.05, 3.63) is 11.0 Å². The number of rotatable bonds is 1. The molecule has 0 saturated heterocycles. The molecule has 0 saturated carbocycles. The summed E-state index contributed by atoms with van der Waals surface area (Å²) in [4.78, 5) is 0. The van der Waals surface area contributed by atoms with Crippen molar-refractivity contribution in [2.75, 3.05) is 5.75 Å². The average molecular weight is 114 g/mol. The molecule has 0 nitrogen and oxygen atoms in total. The van der Waals surface area contributed by atoms with Crippen molar-refractivity contribution in [1.29, 1.82) is 0 Å². The van der Waals surface area contributed by atoms with E-state index in [1.54, 1.807) is 5.57 Å². The molecule has 40 valence electrons. The van der Waals surface area contributed by atoms with Crippen LogP contribution < -0.4 is 0 Å². The number of hydrogen-bond acceptors (Lipinski definition) is 1. The van der Waals surface area contributed by atoms with Crippen molar-refractivity contribution < 1.29 is 0 Å². The van der Waals surface area contributed by atoms with Crippen molar-refractivity contribution in [3.8, 4) is 0 Å². The molecule has 0 radical (unpaired) electrons. The van der Waals surface area contributed by atoms with E-state index in [0.29, 0.717) is 0 Å². The Morgan fingerprint density at radius 2 is 2.71 bits per heavy atom. The van der Waals surface area contributed by atoms with E-state index in [-0.39, 0.29) is 0 Å². The summed E-state index contributed by atoms with van der Waals surface area (Å²) in [6, 6.07) is 0. The molecule has 1 rings (SSSR count). The van der Waals surface area contributed by atoms with Crippen molar-refractivity contribution in [2.45, 2.75) is 19.8 Å². The Labute approximate surface area is 49.0 Å². The molecule has 1 aliphatic rings. The third-order valence-corrected chi connectivity index (χ3v) is 2.18. The minimum atomic E-state index is 1.26. The van der Waals surface area contributed by atoms with Crippen molar-refractivity contribution in [2.24, 2.45) is 0 Å². The second-order valence-electron chi connectivity index (χ2n) is 1.75. The zero-order chi connectivity index (χ0) is 5.11. The molecule has 0 bridgehead atoms. The van der Waals surface area contributed by atoms with Gasteiger partial charge in [-0.1, -0.05) is 12.5 Å². The van der Waals surface area contributed by atoms with Crippen LogP contribution in [-0.4, -0.2) is 5.75 Å². The number of hydrogen-bond donors (Lipinski definition) is 0. The summed E-state index contributed by atoms with van der Waals surface area (Å²) in [7, 11) is 0. The van der Waals surface area contributed by atoms with Crippen LogP contribution in [-0.2, 0) is 0 Å². The topological polar surface area (TPSA) is 0 Å². The van der Waals surface area contributed by atoms with Gasteiger partial charge in [-0.15, -0.1) is 11.8 Å². The van der Waals surface area contributed by atoms with Gasteiger partial charge in [0.2, 0.25) is 0 Å². The third kappa shape index (κ3) is 1.23. The lowest BCUT2D eigenvalue weighted by molar-refractivity contribution is 1.01. The summed E-state index contributed by atoms with van der Waals surface area (Å²) in [5.74, 6) is 1.32. The first kappa shape index (κ1) is 5.23. The molecular formula is C6H10S. The van der Waals surface area contributed by atoms with Gasteiger partial charge in [0.15, 0.2) is 0 Å². The quantitative estimate of drug-likeness (QED) is 0.504. The predicted molar refractivity (Wildman–Crippen MR) is 35.4 cm³/mol. The van der Waals surface area contributed by atoms with Crippen LogP contribution in [0.3, 0.4) is 0 Å². The van der Waals surface area contributed by atoms with Gasteiger partial charge < -0.3 is 0 Å². The number of allylic oxidation sites excluding steroid dienone is 1.